The number of nitrogens with one attached hydrogen (secondary N) is 2. The average Bonchev–Trinajstić information content (AvgIpc) is 3.65. The van der Waals surface area contributed by atoms with Crippen LogP contribution in [0.4, 0.5) is 4.39 Å². The summed E-state index contributed by atoms with van der Waals surface area (Å²) in [7, 11) is 1.45. The highest BCUT2D eigenvalue weighted by molar-refractivity contribution is 8.14. The number of halogens is 2. The molecule has 1 saturated carbocycles. The Hall–Kier alpha value is -3.88. The molecule has 1 aliphatic carbocycles. The number of alkyl halides is 1. The topological polar surface area (TPSA) is 111 Å². The molecule has 0 aromatic carbocycles. The van der Waals surface area contributed by atoms with Gasteiger partial charge in [-0.15, -0.1) is 0 Å². The van der Waals surface area contributed by atoms with Crippen LogP contribution in [0.2, 0.25) is 5.02 Å². The lowest BCUT2D eigenvalue weighted by Crippen LogP contribution is -2.28. The van der Waals surface area contributed by atoms with Gasteiger partial charge in [0.25, 0.3) is 11.5 Å². The van der Waals surface area contributed by atoms with Crippen LogP contribution in [0.25, 0.3) is 16.9 Å². The standard InChI is InChI=1S/C26H22ClFN6O3S/c1-14(28)20-9-18(21(37-2)12-29-20)17-10-22(34-13-16(27)6-8-24(34)35)30-11-19(17)25(36)31-26-33-32-23(38-26)7-5-15-3-4-15/h6,8-15,23,32H,3-4H2,1-2H3,(H,31,33,36). The molecule has 2 aliphatic rings. The fourth-order valence-electron chi connectivity index (χ4n) is 3.66. The molecule has 9 nitrogen and oxygen atoms in total. The maximum atomic E-state index is 14.2. The molecule has 2 atom stereocenters. The van der Waals surface area contributed by atoms with Crippen LogP contribution in [0, 0.1) is 17.8 Å². The number of thioether (sulfide) groups is 1. The Labute approximate surface area is 226 Å². The molecule has 3 aromatic heterocycles. The lowest BCUT2D eigenvalue weighted by atomic mass is 9.99. The van der Waals surface area contributed by atoms with Gasteiger partial charge in [-0.1, -0.05) is 23.4 Å². The summed E-state index contributed by atoms with van der Waals surface area (Å²) >= 11 is 7.40. The molecule has 3 aromatic rings. The molecule has 0 spiro atoms. The molecule has 2 unspecified atom stereocenters. The molecule has 5 rings (SSSR count). The van der Waals surface area contributed by atoms with Crippen LogP contribution in [0.15, 0.2) is 52.8 Å². The Morgan fingerprint density at radius 2 is 2.08 bits per heavy atom. The Kier molecular flexibility index (Phi) is 7.35. The SMILES string of the molecule is COc1cnc(C(C)F)cc1-c1cc(-n2cc(Cl)ccc2=O)ncc1C(=O)NC1=NNC(C#CC2CC2)S1. The van der Waals surface area contributed by atoms with Gasteiger partial charge in [0.15, 0.2) is 10.5 Å². The molecule has 1 fully saturated rings. The Morgan fingerprint density at radius 3 is 2.82 bits per heavy atom. The van der Waals surface area contributed by atoms with Crippen molar-refractivity contribution in [2.75, 3.05) is 7.11 Å². The second kappa shape index (κ2) is 10.8. The van der Waals surface area contributed by atoms with E-state index in [1.54, 1.807) is 6.07 Å². The normalized spacial score (nSPS) is 17.1. The van der Waals surface area contributed by atoms with Crippen molar-refractivity contribution in [1.82, 2.24) is 25.3 Å². The van der Waals surface area contributed by atoms with Crippen molar-refractivity contribution >= 4 is 34.4 Å². The third kappa shape index (κ3) is 5.66. The van der Waals surface area contributed by atoms with Gasteiger partial charge in [-0.2, -0.15) is 5.10 Å². The van der Waals surface area contributed by atoms with Crippen molar-refractivity contribution in [1.29, 1.82) is 0 Å². The first-order valence-electron chi connectivity index (χ1n) is 11.7. The van der Waals surface area contributed by atoms with Crippen LogP contribution in [-0.4, -0.2) is 38.1 Å². The number of amidine groups is 1. The maximum Gasteiger partial charge on any atom is 0.259 e. The third-order valence-electron chi connectivity index (χ3n) is 5.79. The minimum Gasteiger partial charge on any atom is -0.494 e. The van der Waals surface area contributed by atoms with Crippen LogP contribution >= 0.6 is 23.4 Å². The highest BCUT2D eigenvalue weighted by Crippen LogP contribution is 2.35. The van der Waals surface area contributed by atoms with Gasteiger partial charge in [-0.05, 0) is 49.7 Å². The summed E-state index contributed by atoms with van der Waals surface area (Å²) in [4.78, 5) is 34.4. The molecule has 1 aliphatic heterocycles. The van der Waals surface area contributed by atoms with Gasteiger partial charge in [0.2, 0.25) is 0 Å². The molecule has 0 saturated heterocycles. The van der Waals surface area contributed by atoms with E-state index in [0.717, 1.165) is 12.8 Å². The Bertz CT molecular complexity index is 1560. The predicted molar refractivity (Wildman–Crippen MR) is 144 cm³/mol. The predicted octanol–water partition coefficient (Wildman–Crippen LogP) is 4.06. The van der Waals surface area contributed by atoms with Crippen LogP contribution in [0.1, 0.15) is 42.0 Å². The second-order valence-corrected chi connectivity index (χ2v) is 10.2. The average molecular weight is 553 g/mol. The van der Waals surface area contributed by atoms with Gasteiger partial charge >= 0.3 is 0 Å². The van der Waals surface area contributed by atoms with E-state index in [0.29, 0.717) is 33.0 Å². The largest absolute Gasteiger partial charge is 0.494 e. The molecule has 38 heavy (non-hydrogen) atoms. The van der Waals surface area contributed by atoms with E-state index >= 15 is 0 Å². The zero-order valence-corrected chi connectivity index (χ0v) is 21.9. The third-order valence-corrected chi connectivity index (χ3v) is 6.89. The summed E-state index contributed by atoms with van der Waals surface area (Å²) in [5.41, 5.74) is 3.59. The molecule has 194 valence electrons. The first kappa shape index (κ1) is 25.8. The minimum absolute atomic E-state index is 0.154. The van der Waals surface area contributed by atoms with Crippen LogP contribution < -0.4 is 21.0 Å². The smallest absolute Gasteiger partial charge is 0.259 e. The number of hydrogen-bond acceptors (Lipinski definition) is 8. The second-order valence-electron chi connectivity index (χ2n) is 8.63. The van der Waals surface area contributed by atoms with Gasteiger partial charge in [-0.25, -0.2) is 9.37 Å². The maximum absolute atomic E-state index is 14.2. The Balaban J connectivity index is 1.54. The number of rotatable bonds is 5. The highest BCUT2D eigenvalue weighted by Gasteiger charge is 2.25. The molecule has 1 amide bonds. The first-order valence-corrected chi connectivity index (χ1v) is 13.0. The number of aromatic nitrogens is 3. The van der Waals surface area contributed by atoms with E-state index in [-0.39, 0.29) is 28.0 Å². The van der Waals surface area contributed by atoms with Gasteiger partial charge < -0.3 is 4.74 Å². The number of ether oxygens (including phenoxy) is 1. The van der Waals surface area contributed by atoms with E-state index in [4.69, 9.17) is 16.3 Å². The molecule has 4 heterocycles. The number of hydrazone groups is 1. The number of carbonyl (C=O) groups is 1. The summed E-state index contributed by atoms with van der Waals surface area (Å²) in [6.07, 6.45) is 5.01. The van der Waals surface area contributed by atoms with Gasteiger partial charge in [0, 0.05) is 35.5 Å². The van der Waals surface area contributed by atoms with Gasteiger partial charge in [0.1, 0.15) is 17.7 Å². The molecule has 12 heteroatoms. The van der Waals surface area contributed by atoms with E-state index in [2.05, 4.69) is 37.7 Å². The molecule has 0 bridgehead atoms. The lowest BCUT2D eigenvalue weighted by molar-refractivity contribution is 0.0978. The summed E-state index contributed by atoms with van der Waals surface area (Å²) in [6, 6.07) is 5.83. The van der Waals surface area contributed by atoms with E-state index < -0.39 is 12.1 Å². The summed E-state index contributed by atoms with van der Waals surface area (Å²) in [5.74, 6) is 6.75. The van der Waals surface area contributed by atoms with Crippen molar-refractivity contribution in [3.05, 3.63) is 69.5 Å². The van der Waals surface area contributed by atoms with Gasteiger partial charge in [0.05, 0.1) is 29.6 Å². The van der Waals surface area contributed by atoms with Crippen molar-refractivity contribution in [3.8, 4) is 34.5 Å². The molecule has 0 radical (unpaired) electrons. The monoisotopic (exact) mass is 552 g/mol. The number of nitrogens with zero attached hydrogens (tertiary/aromatic N) is 4. The minimum atomic E-state index is -1.36. The zero-order chi connectivity index (χ0) is 26.8. The number of carbonyl (C=O) groups excluding carboxylic acids is 1. The zero-order valence-electron chi connectivity index (χ0n) is 20.4. The first-order chi connectivity index (χ1) is 18.3. The van der Waals surface area contributed by atoms with E-state index in [1.165, 1.54) is 67.2 Å². The highest BCUT2D eigenvalue weighted by atomic mass is 35.5. The van der Waals surface area contributed by atoms with Gasteiger partial charge in [-0.3, -0.25) is 29.9 Å². The summed E-state index contributed by atoms with van der Waals surface area (Å²) in [5, 5.41) is 7.37. The van der Waals surface area contributed by atoms with Crippen LogP contribution in [0.3, 0.4) is 0 Å². The van der Waals surface area contributed by atoms with E-state index in [1.807, 2.05) is 0 Å². The van der Waals surface area contributed by atoms with E-state index in [9.17, 15) is 14.0 Å². The Morgan fingerprint density at radius 1 is 1.26 bits per heavy atom. The quantitative estimate of drug-likeness (QED) is 0.459. The number of hydrogen-bond donors (Lipinski definition) is 2. The van der Waals surface area contributed by atoms with Crippen LogP contribution in [-0.2, 0) is 0 Å². The fourth-order valence-corrected chi connectivity index (χ4v) is 4.53. The molecule has 2 N–H and O–H groups in total. The summed E-state index contributed by atoms with van der Waals surface area (Å²) in [6.45, 7) is 1.36. The fraction of sp³-hybridized carbons (Fsp3) is 0.269. The van der Waals surface area contributed by atoms with Crippen molar-refractivity contribution in [2.24, 2.45) is 11.0 Å². The van der Waals surface area contributed by atoms with Crippen molar-refractivity contribution in [2.45, 2.75) is 31.3 Å². The number of methoxy groups -OCH3 is 1. The number of pyridine rings is 3. The molecular weight excluding hydrogens is 531 g/mol. The van der Waals surface area contributed by atoms with Crippen molar-refractivity contribution in [3.63, 3.8) is 0 Å². The summed E-state index contributed by atoms with van der Waals surface area (Å²) < 4.78 is 20.9. The number of amides is 1. The molecular formula is C26H22ClFN6O3S. The van der Waals surface area contributed by atoms with Crippen LogP contribution in [0.5, 0.6) is 5.75 Å². The van der Waals surface area contributed by atoms with Crippen molar-refractivity contribution < 1.29 is 13.9 Å². The lowest BCUT2D eigenvalue weighted by Gasteiger charge is -2.16.